The van der Waals surface area contributed by atoms with Crippen molar-refractivity contribution >= 4 is 28.7 Å². The second-order valence-corrected chi connectivity index (χ2v) is 6.12. The van der Waals surface area contributed by atoms with E-state index in [1.54, 1.807) is 0 Å². The first-order chi connectivity index (χ1) is 5.25. The maximum atomic E-state index is 9.20. The van der Waals surface area contributed by atoms with Gasteiger partial charge in [0.15, 0.2) is 18.3 Å². The Bertz CT molecular complexity index is 394. The molecule has 85 valence electrons. The smallest absolute Gasteiger partial charge is 0.759 e. The molecule has 0 aliphatic heterocycles. The zero-order chi connectivity index (χ0) is 11.5. The van der Waals surface area contributed by atoms with E-state index in [2.05, 4.69) is 0 Å². The van der Waals surface area contributed by atoms with Crippen molar-refractivity contribution < 1.29 is 60.5 Å². The first kappa shape index (κ1) is 19.7. The summed E-state index contributed by atoms with van der Waals surface area (Å²) in [6.45, 7) is 0. The van der Waals surface area contributed by atoms with Gasteiger partial charge in [-0.2, -0.15) is 0 Å². The van der Waals surface area contributed by atoms with E-state index in [4.69, 9.17) is 17.5 Å². The Hall–Kier alpha value is 0.209. The van der Waals surface area contributed by atoms with Crippen molar-refractivity contribution in [1.29, 1.82) is 0 Å². The van der Waals surface area contributed by atoms with E-state index >= 15 is 0 Å². The van der Waals surface area contributed by atoms with Gasteiger partial charge in [-0.1, -0.05) is 0 Å². The molecule has 0 spiro atoms. The molecule has 0 aromatic rings. The van der Waals surface area contributed by atoms with Crippen molar-refractivity contribution in [2.24, 2.45) is 0 Å². The van der Waals surface area contributed by atoms with Crippen LogP contribution in [0.2, 0.25) is 0 Å². The second kappa shape index (κ2) is 5.94. The molecule has 10 nitrogen and oxygen atoms in total. The predicted molar refractivity (Wildman–Crippen MR) is 29.9 cm³/mol. The normalized spacial score (nSPS) is 12.0. The molecule has 0 aromatic heterocycles. The minimum atomic E-state index is -5.67. The van der Waals surface area contributed by atoms with E-state index in [0.717, 1.165) is 0 Å². The van der Waals surface area contributed by atoms with Crippen molar-refractivity contribution in [2.75, 3.05) is 0 Å². The van der Waals surface area contributed by atoms with Crippen LogP contribution in [0.4, 0.5) is 0 Å². The molecule has 0 aliphatic carbocycles. The fourth-order valence-electron chi connectivity index (χ4n) is 0. The molecule has 0 N–H and O–H groups in total. The summed E-state index contributed by atoms with van der Waals surface area (Å²) in [4.78, 5) is 0. The third-order valence-corrected chi connectivity index (χ3v) is 2.25. The van der Waals surface area contributed by atoms with Gasteiger partial charge < -0.3 is 18.2 Å². The van der Waals surface area contributed by atoms with Crippen LogP contribution in [0.15, 0.2) is 0 Å². The molecule has 0 bridgehead atoms. The molecule has 0 aromatic carbocycles. The van der Waals surface area contributed by atoms with Crippen LogP contribution in [0.25, 0.3) is 0 Å². The Kier molecular flexibility index (Phi) is 8.37. The van der Waals surface area contributed by atoms with Crippen LogP contribution in [0.5, 0.6) is 0 Å². The summed E-state index contributed by atoms with van der Waals surface area (Å²) in [5.41, 5.74) is 0. The summed E-state index contributed by atoms with van der Waals surface area (Å²) in [6.07, 6.45) is 0. The molecule has 0 unspecified atom stereocenters. The molecule has 0 heterocycles. The van der Waals surface area contributed by atoms with Gasteiger partial charge in [0.05, 0.1) is 0 Å². The molecular weight excluding hydrogens is 311 g/mol. The fourth-order valence-corrected chi connectivity index (χ4v) is 0. The quantitative estimate of drug-likeness (QED) is 0.204. The van der Waals surface area contributed by atoms with E-state index in [1.165, 1.54) is 0 Å². The Labute approximate surface area is 89.3 Å². The van der Waals surface area contributed by atoms with Gasteiger partial charge in [-0.3, -0.25) is 8.42 Å². The van der Waals surface area contributed by atoms with Gasteiger partial charge in [-0.15, -0.1) is 0 Å². The summed E-state index contributed by atoms with van der Waals surface area (Å²) in [5, 5.41) is 0. The molecule has 1 radical (unpaired) electrons. The molecule has 0 aliphatic rings. The average Bonchev–Trinajstić information content (AvgIpc) is 1.50. The third kappa shape index (κ3) is 18.1. The Morgan fingerprint density at radius 2 is 0.643 bits per heavy atom. The first-order valence-corrected chi connectivity index (χ1v) is 6.50. The van der Waals surface area contributed by atoms with Gasteiger partial charge in [-0.05, 0) is 0 Å². The van der Waals surface area contributed by atoms with Crippen LogP contribution >= 0.6 is 0 Å². The number of hydrogen-bond acceptors (Lipinski definition) is 10. The first-order valence-electron chi connectivity index (χ1n) is 1.83. The van der Waals surface area contributed by atoms with E-state index in [9.17, 15) is 25.9 Å². The molecule has 0 saturated heterocycles. The van der Waals surface area contributed by atoms with Crippen LogP contribution in [-0.4, -0.2) is 43.5 Å². The second-order valence-electron chi connectivity index (χ2n) is 1.22. The van der Waals surface area contributed by atoms with Gasteiger partial charge in [0.25, 0.3) is 0 Å². The van der Waals surface area contributed by atoms with Crippen molar-refractivity contribution in [2.45, 2.75) is 0 Å². The minimum absolute atomic E-state index is 0. The minimum Gasteiger partial charge on any atom is -0.759 e. The number of hydrogen-bond donors (Lipinski definition) is 0. The standard InChI is InChI=1S/Mn.H2O6S2.H2O4S/c;1-7(2,3)8(4,5)6;1-5(2,3)4/h;(H,1,2,3)(H,4,5,6);(H2,1,2,3,4)/q+4;;/p-4. The monoisotopic (exact) mass is 311 g/mol. The molecule has 0 rings (SSSR count). The molecule has 0 atom stereocenters. The number of rotatable bonds is 1. The molecule has 14 heavy (non-hydrogen) atoms. The van der Waals surface area contributed by atoms with E-state index < -0.39 is 28.7 Å². The van der Waals surface area contributed by atoms with Crippen LogP contribution in [-0.2, 0) is 45.8 Å². The van der Waals surface area contributed by atoms with Crippen molar-refractivity contribution in [3.63, 3.8) is 0 Å². The largest absolute Gasteiger partial charge is 4.00 e. The van der Waals surface area contributed by atoms with Crippen LogP contribution in [0.3, 0.4) is 0 Å². The maximum Gasteiger partial charge on any atom is 4.00 e. The van der Waals surface area contributed by atoms with E-state index in [0.29, 0.717) is 0 Å². The summed E-state index contributed by atoms with van der Waals surface area (Å²) >= 11 is 0. The zero-order valence-electron chi connectivity index (χ0n) is 5.69. The molecule has 0 saturated carbocycles. The molecular formula is MnO10S3. The van der Waals surface area contributed by atoms with Crippen LogP contribution in [0.1, 0.15) is 0 Å². The molecule has 14 heteroatoms. The predicted octanol–water partition coefficient (Wildman–Crippen LogP) is -3.35. The molecule has 0 fully saturated rings. The Morgan fingerprint density at radius 3 is 0.643 bits per heavy atom. The third-order valence-electron chi connectivity index (χ3n) is 0.250. The van der Waals surface area contributed by atoms with Gasteiger partial charge in [0.1, 0.15) is 0 Å². The van der Waals surface area contributed by atoms with Gasteiger partial charge in [-0.25, -0.2) is 16.8 Å². The van der Waals surface area contributed by atoms with Crippen LogP contribution in [0, 0.1) is 0 Å². The maximum absolute atomic E-state index is 9.20. The summed E-state index contributed by atoms with van der Waals surface area (Å²) in [7, 11) is -16.5. The summed E-state index contributed by atoms with van der Waals surface area (Å²) in [6, 6.07) is 0. The Balaban J connectivity index is -0.000000177. The summed E-state index contributed by atoms with van der Waals surface area (Å²) in [5.74, 6) is 0. The topological polar surface area (TPSA) is 195 Å². The SMILES string of the molecule is O=S(=O)([O-])S(=O)(=O)[O-].O=S(=O)([O-])[O-].[Mn+4]. The van der Waals surface area contributed by atoms with Crippen molar-refractivity contribution in [3.8, 4) is 0 Å². The average molecular weight is 311 g/mol. The zero-order valence-corrected chi connectivity index (χ0v) is 9.32. The van der Waals surface area contributed by atoms with Gasteiger partial charge in [0.2, 0.25) is 0 Å². The summed E-state index contributed by atoms with van der Waals surface area (Å²) < 4.78 is 89.3. The Morgan fingerprint density at radius 1 is 0.571 bits per heavy atom. The van der Waals surface area contributed by atoms with Gasteiger partial charge in [0, 0.05) is 10.4 Å². The van der Waals surface area contributed by atoms with Crippen molar-refractivity contribution in [3.05, 3.63) is 0 Å². The van der Waals surface area contributed by atoms with Gasteiger partial charge >= 0.3 is 17.1 Å². The van der Waals surface area contributed by atoms with Crippen molar-refractivity contribution in [1.82, 2.24) is 0 Å². The van der Waals surface area contributed by atoms with Crippen LogP contribution < -0.4 is 0 Å². The molecule has 0 amide bonds. The van der Waals surface area contributed by atoms with E-state index in [-0.39, 0.29) is 17.1 Å². The van der Waals surface area contributed by atoms with E-state index in [1.807, 2.05) is 0 Å². The fraction of sp³-hybridized carbons (Fsp3) is 0.